The average molecular weight is 307 g/mol. The van der Waals surface area contributed by atoms with E-state index in [1.54, 1.807) is 12.4 Å². The number of nitrogens with zero attached hydrogens (tertiary/aromatic N) is 4. The Morgan fingerprint density at radius 1 is 1.22 bits per heavy atom. The Kier molecular flexibility index (Phi) is 3.49. The molecule has 1 saturated heterocycles. The summed E-state index contributed by atoms with van der Waals surface area (Å²) in [6.07, 6.45) is 5.38. The van der Waals surface area contributed by atoms with Crippen LogP contribution >= 0.6 is 0 Å². The zero-order valence-electron chi connectivity index (χ0n) is 12.6. The summed E-state index contributed by atoms with van der Waals surface area (Å²) in [7, 11) is 0. The van der Waals surface area contributed by atoms with Gasteiger partial charge in [0.15, 0.2) is 0 Å². The largest absolute Gasteiger partial charge is 0.337 e. The Morgan fingerprint density at radius 3 is 2.91 bits per heavy atom. The lowest BCUT2D eigenvalue weighted by Crippen LogP contribution is -2.39. The van der Waals surface area contributed by atoms with Crippen molar-refractivity contribution in [3.8, 4) is 0 Å². The van der Waals surface area contributed by atoms with Gasteiger partial charge in [-0.05, 0) is 31.0 Å². The smallest absolute Gasteiger partial charge is 0.274 e. The topological polar surface area (TPSA) is 74.8 Å². The lowest BCUT2D eigenvalue weighted by Gasteiger charge is -2.32. The summed E-state index contributed by atoms with van der Waals surface area (Å²) in [6.45, 7) is 1.45. The van der Waals surface area contributed by atoms with E-state index >= 15 is 0 Å². The number of hydrogen-bond acceptors (Lipinski definition) is 4. The molecule has 3 heterocycles. The van der Waals surface area contributed by atoms with Crippen LogP contribution in [-0.2, 0) is 0 Å². The fourth-order valence-corrected chi connectivity index (χ4v) is 3.13. The molecular formula is C17H17N5O. The zero-order valence-corrected chi connectivity index (χ0v) is 12.6. The summed E-state index contributed by atoms with van der Waals surface area (Å²) in [5.74, 6) is 0.260. The van der Waals surface area contributed by atoms with Gasteiger partial charge in [-0.15, -0.1) is 0 Å². The summed E-state index contributed by atoms with van der Waals surface area (Å²) in [5.41, 5.74) is 3.06. The van der Waals surface area contributed by atoms with E-state index in [9.17, 15) is 4.79 Å². The second kappa shape index (κ2) is 5.79. The van der Waals surface area contributed by atoms with Crippen molar-refractivity contribution in [3.63, 3.8) is 0 Å². The van der Waals surface area contributed by atoms with E-state index in [0.717, 1.165) is 36.1 Å². The summed E-state index contributed by atoms with van der Waals surface area (Å²) in [5, 5.41) is 7.02. The summed E-state index contributed by atoms with van der Waals surface area (Å²) in [4.78, 5) is 23.4. The molecule has 6 nitrogen and oxygen atoms in total. The number of para-hydroxylation sites is 2. The molecule has 1 aliphatic heterocycles. The van der Waals surface area contributed by atoms with Crippen LogP contribution in [0.3, 0.4) is 0 Å². The summed E-state index contributed by atoms with van der Waals surface area (Å²) in [6, 6.07) is 9.57. The minimum atomic E-state index is -0.0486. The molecule has 1 N–H and O–H groups in total. The Bertz CT molecular complexity index is 830. The highest BCUT2D eigenvalue weighted by molar-refractivity contribution is 5.93. The van der Waals surface area contributed by atoms with Crippen molar-refractivity contribution in [2.45, 2.75) is 18.8 Å². The molecule has 1 fully saturated rings. The van der Waals surface area contributed by atoms with Crippen LogP contribution in [0, 0.1) is 0 Å². The Hall–Kier alpha value is -2.76. The van der Waals surface area contributed by atoms with E-state index in [4.69, 9.17) is 0 Å². The first-order valence-corrected chi connectivity index (χ1v) is 7.81. The molecule has 4 rings (SSSR count). The quantitative estimate of drug-likeness (QED) is 0.788. The van der Waals surface area contributed by atoms with E-state index in [0.29, 0.717) is 18.2 Å². The molecule has 0 spiro atoms. The van der Waals surface area contributed by atoms with Gasteiger partial charge in [0.1, 0.15) is 5.69 Å². The van der Waals surface area contributed by atoms with Gasteiger partial charge in [-0.1, -0.05) is 12.1 Å². The van der Waals surface area contributed by atoms with Crippen LogP contribution in [0.2, 0.25) is 0 Å². The minimum Gasteiger partial charge on any atom is -0.337 e. The molecule has 0 aliphatic carbocycles. The molecule has 0 unspecified atom stereocenters. The third-order valence-corrected chi connectivity index (χ3v) is 4.34. The van der Waals surface area contributed by atoms with Crippen molar-refractivity contribution >= 4 is 16.9 Å². The van der Waals surface area contributed by atoms with Crippen molar-refractivity contribution in [1.29, 1.82) is 0 Å². The van der Waals surface area contributed by atoms with Crippen molar-refractivity contribution in [1.82, 2.24) is 25.1 Å². The second-order valence-corrected chi connectivity index (χ2v) is 5.85. The lowest BCUT2D eigenvalue weighted by molar-refractivity contribution is 0.0700. The number of amides is 1. The molecule has 0 radical (unpaired) electrons. The summed E-state index contributed by atoms with van der Waals surface area (Å²) >= 11 is 0. The van der Waals surface area contributed by atoms with Gasteiger partial charge in [-0.2, -0.15) is 5.10 Å². The number of nitrogens with one attached hydrogen (secondary N) is 1. The number of benzene rings is 1. The van der Waals surface area contributed by atoms with E-state index < -0.39 is 0 Å². The molecule has 116 valence electrons. The molecular weight excluding hydrogens is 290 g/mol. The lowest BCUT2D eigenvalue weighted by atomic mass is 9.95. The number of carbonyl (C=O) groups excluding carboxylic acids is 1. The number of hydrogen-bond donors (Lipinski definition) is 1. The molecule has 1 aliphatic rings. The Balaban J connectivity index is 1.57. The predicted octanol–water partition coefficient (Wildman–Crippen LogP) is 2.37. The van der Waals surface area contributed by atoms with Gasteiger partial charge < -0.3 is 4.90 Å². The van der Waals surface area contributed by atoms with Crippen molar-refractivity contribution in [2.24, 2.45) is 0 Å². The highest BCUT2D eigenvalue weighted by atomic mass is 16.2. The monoisotopic (exact) mass is 307 g/mol. The highest BCUT2D eigenvalue weighted by Gasteiger charge is 2.27. The average Bonchev–Trinajstić information content (AvgIpc) is 3.15. The molecule has 1 atom stereocenters. The Morgan fingerprint density at radius 2 is 2.09 bits per heavy atom. The first-order valence-electron chi connectivity index (χ1n) is 7.81. The van der Waals surface area contributed by atoms with Gasteiger partial charge in [-0.25, -0.2) is 4.98 Å². The number of aromatic nitrogens is 4. The summed E-state index contributed by atoms with van der Waals surface area (Å²) < 4.78 is 0. The van der Waals surface area contributed by atoms with Crippen molar-refractivity contribution in [3.05, 3.63) is 54.1 Å². The number of H-pyrrole nitrogens is 1. The molecule has 23 heavy (non-hydrogen) atoms. The van der Waals surface area contributed by atoms with E-state index in [1.807, 2.05) is 35.2 Å². The third-order valence-electron chi connectivity index (χ3n) is 4.34. The van der Waals surface area contributed by atoms with E-state index in [2.05, 4.69) is 20.2 Å². The first-order chi connectivity index (χ1) is 11.3. The molecule has 1 amide bonds. The molecule has 1 aromatic carbocycles. The zero-order chi connectivity index (χ0) is 15.6. The van der Waals surface area contributed by atoms with Gasteiger partial charge >= 0.3 is 0 Å². The number of rotatable bonds is 2. The maximum absolute atomic E-state index is 12.8. The fraction of sp³-hybridized carbons (Fsp3) is 0.294. The van der Waals surface area contributed by atoms with Crippen LogP contribution < -0.4 is 0 Å². The van der Waals surface area contributed by atoms with Gasteiger partial charge in [-0.3, -0.25) is 14.9 Å². The number of likely N-dealkylation sites (tertiary alicyclic amines) is 1. The van der Waals surface area contributed by atoms with Crippen LogP contribution in [0.15, 0.2) is 42.7 Å². The number of aromatic amines is 1. The molecule has 2 aromatic heterocycles. The second-order valence-electron chi connectivity index (χ2n) is 5.85. The van der Waals surface area contributed by atoms with Crippen molar-refractivity contribution < 1.29 is 4.79 Å². The van der Waals surface area contributed by atoms with E-state index in [1.165, 1.54) is 0 Å². The van der Waals surface area contributed by atoms with Crippen LogP contribution in [0.5, 0.6) is 0 Å². The van der Waals surface area contributed by atoms with Crippen LogP contribution in [0.4, 0.5) is 0 Å². The minimum absolute atomic E-state index is 0.0486. The Labute approximate surface area is 133 Å². The van der Waals surface area contributed by atoms with E-state index in [-0.39, 0.29) is 5.91 Å². The number of piperidine rings is 1. The van der Waals surface area contributed by atoms with Crippen LogP contribution in [0.25, 0.3) is 11.0 Å². The van der Waals surface area contributed by atoms with Gasteiger partial charge in [0.05, 0.1) is 17.2 Å². The normalized spacial score (nSPS) is 18.3. The standard InChI is InChI=1S/C17H17N5O/c23-17(16-10-18-14-5-1-2-6-15(14)20-16)22-9-3-4-12(11-22)13-7-8-19-21-13/h1-2,5-8,10,12H,3-4,9,11H2,(H,19,21)/t12-/m1/s1. The molecule has 0 saturated carbocycles. The van der Waals surface area contributed by atoms with Crippen molar-refractivity contribution in [2.75, 3.05) is 13.1 Å². The molecule has 6 heteroatoms. The predicted molar refractivity (Wildman–Crippen MR) is 86.0 cm³/mol. The molecule has 0 bridgehead atoms. The van der Waals surface area contributed by atoms with Crippen LogP contribution in [-0.4, -0.2) is 44.1 Å². The third kappa shape index (κ3) is 2.67. The maximum atomic E-state index is 12.8. The van der Waals surface area contributed by atoms with Gasteiger partial charge in [0.25, 0.3) is 5.91 Å². The maximum Gasteiger partial charge on any atom is 0.274 e. The SMILES string of the molecule is O=C(c1cnc2ccccc2n1)N1CCC[C@@H](c2ccn[nH]2)C1. The number of fused-ring (bicyclic) bond motifs is 1. The number of carbonyl (C=O) groups is 1. The van der Waals surface area contributed by atoms with Gasteiger partial charge in [0.2, 0.25) is 0 Å². The highest BCUT2D eigenvalue weighted by Crippen LogP contribution is 2.26. The first kappa shape index (κ1) is 13.9. The molecule has 3 aromatic rings. The van der Waals surface area contributed by atoms with Gasteiger partial charge in [0, 0.05) is 30.9 Å². The van der Waals surface area contributed by atoms with Crippen LogP contribution in [0.1, 0.15) is 34.9 Å². The fourth-order valence-electron chi connectivity index (χ4n) is 3.13.